The number of methoxy groups -OCH3 is 1. The Hall–Kier alpha value is -2.93. The summed E-state index contributed by atoms with van der Waals surface area (Å²) in [5, 5.41) is 13.6. The summed E-state index contributed by atoms with van der Waals surface area (Å²) in [5.41, 5.74) is -0.232. The molecule has 1 atom stereocenters. The molecular formula is C23H21NO5. The average molecular weight is 391 g/mol. The molecule has 1 fully saturated rings. The van der Waals surface area contributed by atoms with Crippen molar-refractivity contribution in [3.63, 3.8) is 0 Å². The van der Waals surface area contributed by atoms with Crippen molar-refractivity contribution in [1.82, 2.24) is 0 Å². The van der Waals surface area contributed by atoms with Crippen molar-refractivity contribution in [2.75, 3.05) is 25.2 Å². The number of fused-ring (bicyclic) bond motifs is 3. The molecule has 6 heteroatoms. The van der Waals surface area contributed by atoms with Crippen molar-refractivity contribution in [3.05, 3.63) is 66.2 Å². The molecular weight excluding hydrogens is 370 g/mol. The summed E-state index contributed by atoms with van der Waals surface area (Å²) in [5.74, 6) is -1.28. The Morgan fingerprint density at radius 3 is 2.45 bits per heavy atom. The van der Waals surface area contributed by atoms with Gasteiger partial charge in [0.1, 0.15) is 5.75 Å². The summed E-state index contributed by atoms with van der Waals surface area (Å²) in [6.07, 6.45) is 0. The van der Waals surface area contributed by atoms with Gasteiger partial charge < -0.3 is 19.3 Å². The third-order valence-electron chi connectivity index (χ3n) is 5.83. The lowest BCUT2D eigenvalue weighted by Gasteiger charge is -2.36. The van der Waals surface area contributed by atoms with Crippen LogP contribution in [0.5, 0.6) is 5.75 Å². The molecule has 29 heavy (non-hydrogen) atoms. The van der Waals surface area contributed by atoms with Crippen LogP contribution in [0.1, 0.15) is 12.5 Å². The molecule has 0 radical (unpaired) electrons. The molecule has 0 aliphatic carbocycles. The third-order valence-corrected chi connectivity index (χ3v) is 5.83. The topological polar surface area (TPSA) is 68.2 Å². The minimum atomic E-state index is -2.00. The van der Waals surface area contributed by atoms with E-state index < -0.39 is 17.3 Å². The Morgan fingerprint density at radius 2 is 1.76 bits per heavy atom. The zero-order valence-corrected chi connectivity index (χ0v) is 16.2. The summed E-state index contributed by atoms with van der Waals surface area (Å²) in [6, 6.07) is 18.6. The van der Waals surface area contributed by atoms with Gasteiger partial charge in [-0.1, -0.05) is 30.3 Å². The molecule has 148 valence electrons. The highest BCUT2D eigenvalue weighted by molar-refractivity contribution is 6.16. The molecule has 2 heterocycles. The standard InChI is InChI=1S/C23H21NO5/c1-22(28-12-13-29-22)23(26)20-18-10-9-17(27-2)14-15(18)8-11-19(20)24(21(23)25)16-6-4-3-5-7-16/h3-11,14,26H,12-13H2,1-2H3. The maximum atomic E-state index is 13.7. The van der Waals surface area contributed by atoms with Crippen LogP contribution < -0.4 is 9.64 Å². The van der Waals surface area contributed by atoms with E-state index in [9.17, 15) is 9.90 Å². The first-order chi connectivity index (χ1) is 14.0. The van der Waals surface area contributed by atoms with Crippen molar-refractivity contribution < 1.29 is 24.1 Å². The van der Waals surface area contributed by atoms with Crippen molar-refractivity contribution in [2.45, 2.75) is 18.3 Å². The Kier molecular flexibility index (Phi) is 3.93. The number of aliphatic hydroxyl groups is 1. The number of carbonyl (C=O) groups is 1. The number of rotatable bonds is 3. The number of nitrogens with zero attached hydrogens (tertiary/aromatic N) is 1. The van der Waals surface area contributed by atoms with E-state index in [0.717, 1.165) is 10.8 Å². The smallest absolute Gasteiger partial charge is 0.274 e. The predicted molar refractivity (Wildman–Crippen MR) is 108 cm³/mol. The average Bonchev–Trinajstić information content (AvgIpc) is 3.30. The van der Waals surface area contributed by atoms with E-state index in [1.54, 1.807) is 14.0 Å². The Labute approximate surface area is 168 Å². The lowest BCUT2D eigenvalue weighted by Crippen LogP contribution is -2.56. The van der Waals surface area contributed by atoms with Gasteiger partial charge in [-0.2, -0.15) is 0 Å². The molecule has 3 aromatic carbocycles. The summed E-state index contributed by atoms with van der Waals surface area (Å²) in [6.45, 7) is 2.25. The van der Waals surface area contributed by atoms with Crippen LogP contribution in [0.15, 0.2) is 60.7 Å². The molecule has 5 rings (SSSR count). The van der Waals surface area contributed by atoms with Gasteiger partial charge in [0.05, 0.1) is 26.0 Å². The van der Waals surface area contributed by atoms with E-state index in [1.807, 2.05) is 60.7 Å². The van der Waals surface area contributed by atoms with Gasteiger partial charge in [-0.25, -0.2) is 0 Å². The van der Waals surface area contributed by atoms with Crippen LogP contribution in [-0.2, 0) is 19.9 Å². The maximum absolute atomic E-state index is 13.7. The van der Waals surface area contributed by atoms with Gasteiger partial charge in [-0.15, -0.1) is 0 Å². The van der Waals surface area contributed by atoms with Gasteiger partial charge in [-0.05, 0) is 48.0 Å². The number of amides is 1. The quantitative estimate of drug-likeness (QED) is 0.740. The van der Waals surface area contributed by atoms with Crippen molar-refractivity contribution in [2.24, 2.45) is 0 Å². The van der Waals surface area contributed by atoms with Crippen LogP contribution in [0, 0.1) is 0 Å². The van der Waals surface area contributed by atoms with Gasteiger partial charge in [0.25, 0.3) is 5.91 Å². The molecule has 2 aliphatic rings. The number of ether oxygens (including phenoxy) is 3. The highest BCUT2D eigenvalue weighted by atomic mass is 16.7. The second kappa shape index (κ2) is 6.29. The highest BCUT2D eigenvalue weighted by Gasteiger charge is 2.65. The first-order valence-electron chi connectivity index (χ1n) is 9.51. The molecule has 0 saturated carbocycles. The minimum absolute atomic E-state index is 0.311. The molecule has 1 N–H and O–H groups in total. The number of benzene rings is 3. The van der Waals surface area contributed by atoms with Crippen LogP contribution >= 0.6 is 0 Å². The van der Waals surface area contributed by atoms with Crippen molar-refractivity contribution >= 4 is 28.1 Å². The van der Waals surface area contributed by atoms with Gasteiger partial charge >= 0.3 is 0 Å². The number of anilines is 2. The van der Waals surface area contributed by atoms with Gasteiger partial charge in [0.2, 0.25) is 11.4 Å². The second-order valence-electron chi connectivity index (χ2n) is 7.38. The molecule has 1 unspecified atom stereocenters. The SMILES string of the molecule is COc1ccc2c3c(ccc2c1)N(c1ccccc1)C(=O)C3(O)C1(C)OCCO1. The molecule has 2 aliphatic heterocycles. The van der Waals surface area contributed by atoms with E-state index in [-0.39, 0.29) is 0 Å². The molecule has 1 saturated heterocycles. The minimum Gasteiger partial charge on any atom is -0.497 e. The molecule has 6 nitrogen and oxygen atoms in total. The molecule has 1 amide bonds. The number of hydrogen-bond donors (Lipinski definition) is 1. The normalized spacial score (nSPS) is 22.9. The van der Waals surface area contributed by atoms with Crippen LogP contribution in [-0.4, -0.2) is 37.1 Å². The summed E-state index contributed by atoms with van der Waals surface area (Å²) in [4.78, 5) is 15.3. The molecule has 0 bridgehead atoms. The van der Waals surface area contributed by atoms with E-state index >= 15 is 0 Å². The fourth-order valence-corrected chi connectivity index (χ4v) is 4.35. The maximum Gasteiger partial charge on any atom is 0.274 e. The zero-order chi connectivity index (χ0) is 20.2. The molecule has 0 aromatic heterocycles. The Bertz CT molecular complexity index is 1110. The largest absolute Gasteiger partial charge is 0.497 e. The summed E-state index contributed by atoms with van der Waals surface area (Å²) >= 11 is 0. The number of hydrogen-bond acceptors (Lipinski definition) is 5. The van der Waals surface area contributed by atoms with Gasteiger partial charge in [0, 0.05) is 11.3 Å². The fraction of sp³-hybridized carbons (Fsp3) is 0.261. The summed E-state index contributed by atoms with van der Waals surface area (Å²) < 4.78 is 16.9. The third kappa shape index (κ3) is 2.37. The number of carbonyl (C=O) groups excluding carboxylic acids is 1. The Balaban J connectivity index is 1.83. The molecule has 0 spiro atoms. The van der Waals surface area contributed by atoms with E-state index in [1.165, 1.54) is 4.90 Å². The summed E-state index contributed by atoms with van der Waals surface area (Å²) in [7, 11) is 1.60. The van der Waals surface area contributed by atoms with Crippen LogP contribution in [0.25, 0.3) is 10.8 Å². The lowest BCUT2D eigenvalue weighted by atomic mass is 9.84. The zero-order valence-electron chi connectivity index (χ0n) is 16.2. The Morgan fingerprint density at radius 1 is 1.03 bits per heavy atom. The first kappa shape index (κ1) is 18.1. The fourth-order valence-electron chi connectivity index (χ4n) is 4.35. The second-order valence-corrected chi connectivity index (χ2v) is 7.38. The van der Waals surface area contributed by atoms with Gasteiger partial charge in [0.15, 0.2) is 0 Å². The first-order valence-corrected chi connectivity index (χ1v) is 9.51. The van der Waals surface area contributed by atoms with Crippen LogP contribution in [0.4, 0.5) is 11.4 Å². The highest BCUT2D eigenvalue weighted by Crippen LogP contribution is 2.54. The predicted octanol–water partition coefficient (Wildman–Crippen LogP) is 3.48. The monoisotopic (exact) mass is 391 g/mol. The number of para-hydroxylation sites is 1. The van der Waals surface area contributed by atoms with Gasteiger partial charge in [-0.3, -0.25) is 9.69 Å². The van der Waals surface area contributed by atoms with E-state index in [2.05, 4.69) is 0 Å². The van der Waals surface area contributed by atoms with Crippen molar-refractivity contribution in [3.8, 4) is 5.75 Å². The van der Waals surface area contributed by atoms with Crippen LogP contribution in [0.3, 0.4) is 0 Å². The van der Waals surface area contributed by atoms with E-state index in [0.29, 0.717) is 35.9 Å². The van der Waals surface area contributed by atoms with Crippen molar-refractivity contribution in [1.29, 1.82) is 0 Å². The molecule has 3 aromatic rings. The lowest BCUT2D eigenvalue weighted by molar-refractivity contribution is -0.252. The van der Waals surface area contributed by atoms with Crippen LogP contribution in [0.2, 0.25) is 0 Å². The van der Waals surface area contributed by atoms with E-state index in [4.69, 9.17) is 14.2 Å².